The first-order chi connectivity index (χ1) is 12.0. The number of anilines is 1. The van der Waals surface area contributed by atoms with Crippen LogP contribution in [0.3, 0.4) is 0 Å². The summed E-state index contributed by atoms with van der Waals surface area (Å²) in [6.07, 6.45) is -4.75. The van der Waals surface area contributed by atoms with Crippen molar-refractivity contribution in [2.75, 3.05) is 11.8 Å². The van der Waals surface area contributed by atoms with Crippen LogP contribution in [0.5, 0.6) is 5.75 Å². The third-order valence-electron chi connectivity index (χ3n) is 3.31. The van der Waals surface area contributed by atoms with E-state index in [-0.39, 0.29) is 11.3 Å². The number of alkyl halides is 3. The number of nitro benzene ring substituents is 1. The standard InChI is InChI=1S/C15H13F3N2O5S/c1-25-14-7-6-11(8-12(14)15(16,17)18)19-26(23,24)9-10-4-2-3-5-13(10)20(21)22/h2-8,19H,9H2,1H3. The SMILES string of the molecule is COc1ccc(NS(=O)(=O)Cc2ccccc2[N+](=O)[O-])cc1C(F)(F)F. The molecule has 0 amide bonds. The van der Waals surface area contributed by atoms with E-state index in [9.17, 15) is 31.7 Å². The molecular formula is C15H13F3N2O5S. The quantitative estimate of drug-likeness (QED) is 0.601. The minimum Gasteiger partial charge on any atom is -0.496 e. The van der Waals surface area contributed by atoms with Crippen LogP contribution in [-0.4, -0.2) is 20.5 Å². The number of hydrogen-bond acceptors (Lipinski definition) is 5. The number of nitrogens with zero attached hydrogens (tertiary/aromatic N) is 1. The van der Waals surface area contributed by atoms with Gasteiger partial charge in [-0.05, 0) is 18.2 Å². The summed E-state index contributed by atoms with van der Waals surface area (Å²) in [5, 5.41) is 10.9. The predicted octanol–water partition coefficient (Wildman–Crippen LogP) is 3.56. The number of halogens is 3. The lowest BCUT2D eigenvalue weighted by Gasteiger charge is -2.14. The van der Waals surface area contributed by atoms with Gasteiger partial charge in [0.1, 0.15) is 11.5 Å². The highest BCUT2D eigenvalue weighted by Crippen LogP contribution is 2.38. The minimum atomic E-state index is -4.75. The van der Waals surface area contributed by atoms with E-state index in [0.29, 0.717) is 6.07 Å². The second-order valence-electron chi connectivity index (χ2n) is 5.16. The molecule has 0 aliphatic heterocycles. The average molecular weight is 390 g/mol. The molecule has 0 aromatic heterocycles. The lowest BCUT2D eigenvalue weighted by molar-refractivity contribution is -0.385. The van der Waals surface area contributed by atoms with Gasteiger partial charge < -0.3 is 4.74 Å². The average Bonchev–Trinajstić information content (AvgIpc) is 2.53. The van der Waals surface area contributed by atoms with Crippen molar-refractivity contribution in [3.8, 4) is 5.75 Å². The Morgan fingerprint density at radius 1 is 1.19 bits per heavy atom. The third kappa shape index (κ3) is 4.63. The van der Waals surface area contributed by atoms with Crippen molar-refractivity contribution in [3.05, 3.63) is 63.7 Å². The number of benzene rings is 2. The molecule has 140 valence electrons. The largest absolute Gasteiger partial charge is 0.496 e. The van der Waals surface area contributed by atoms with Gasteiger partial charge in [-0.15, -0.1) is 0 Å². The van der Waals surface area contributed by atoms with Gasteiger partial charge in [0.15, 0.2) is 0 Å². The van der Waals surface area contributed by atoms with E-state index in [0.717, 1.165) is 25.3 Å². The Hall–Kier alpha value is -2.82. The van der Waals surface area contributed by atoms with Crippen molar-refractivity contribution < 1.29 is 31.2 Å². The molecule has 7 nitrogen and oxygen atoms in total. The normalized spacial score (nSPS) is 11.8. The zero-order chi connectivity index (χ0) is 19.5. The van der Waals surface area contributed by atoms with Gasteiger partial charge in [-0.2, -0.15) is 13.2 Å². The zero-order valence-electron chi connectivity index (χ0n) is 13.3. The van der Waals surface area contributed by atoms with Crippen molar-refractivity contribution in [2.24, 2.45) is 0 Å². The van der Waals surface area contributed by atoms with Crippen molar-refractivity contribution in [1.82, 2.24) is 0 Å². The highest BCUT2D eigenvalue weighted by Gasteiger charge is 2.35. The van der Waals surface area contributed by atoms with Gasteiger partial charge in [0, 0.05) is 17.3 Å². The summed E-state index contributed by atoms with van der Waals surface area (Å²) in [6, 6.07) is 7.87. The lowest BCUT2D eigenvalue weighted by atomic mass is 10.1. The molecule has 0 radical (unpaired) electrons. The van der Waals surface area contributed by atoms with Gasteiger partial charge in [0.05, 0.1) is 17.6 Å². The molecule has 0 unspecified atom stereocenters. The highest BCUT2D eigenvalue weighted by atomic mass is 32.2. The number of methoxy groups -OCH3 is 1. The molecule has 11 heteroatoms. The number of para-hydroxylation sites is 1. The van der Waals surface area contributed by atoms with Crippen molar-refractivity contribution in [2.45, 2.75) is 11.9 Å². The maximum absolute atomic E-state index is 13.0. The number of hydrogen-bond donors (Lipinski definition) is 1. The van der Waals surface area contributed by atoms with Gasteiger partial charge in [0.25, 0.3) is 5.69 Å². The van der Waals surface area contributed by atoms with Crippen LogP contribution in [0, 0.1) is 10.1 Å². The second kappa shape index (κ2) is 7.20. The van der Waals surface area contributed by atoms with Crippen LogP contribution in [0.15, 0.2) is 42.5 Å². The Morgan fingerprint density at radius 2 is 1.85 bits per heavy atom. The van der Waals surface area contributed by atoms with Gasteiger partial charge in [-0.1, -0.05) is 18.2 Å². The monoisotopic (exact) mass is 390 g/mol. The summed E-state index contributed by atoms with van der Waals surface area (Å²) < 4.78 is 70.1. The summed E-state index contributed by atoms with van der Waals surface area (Å²) in [4.78, 5) is 10.2. The maximum Gasteiger partial charge on any atom is 0.420 e. The van der Waals surface area contributed by atoms with E-state index in [1.807, 2.05) is 4.72 Å². The summed E-state index contributed by atoms with van der Waals surface area (Å²) >= 11 is 0. The fraction of sp³-hybridized carbons (Fsp3) is 0.200. The fourth-order valence-electron chi connectivity index (χ4n) is 2.22. The molecule has 0 aliphatic carbocycles. The van der Waals surface area contributed by atoms with Gasteiger partial charge in [-0.3, -0.25) is 14.8 Å². The van der Waals surface area contributed by atoms with Crippen LogP contribution < -0.4 is 9.46 Å². The molecule has 26 heavy (non-hydrogen) atoms. The molecule has 0 saturated heterocycles. The maximum atomic E-state index is 13.0. The summed E-state index contributed by atoms with van der Waals surface area (Å²) in [5.74, 6) is -1.23. The van der Waals surface area contributed by atoms with Gasteiger partial charge in [-0.25, -0.2) is 8.42 Å². The molecule has 0 heterocycles. The van der Waals surface area contributed by atoms with E-state index < -0.39 is 43.9 Å². The zero-order valence-corrected chi connectivity index (χ0v) is 14.1. The molecule has 0 aliphatic rings. The summed E-state index contributed by atoms with van der Waals surface area (Å²) in [6.45, 7) is 0. The minimum absolute atomic E-state index is 0.0884. The van der Waals surface area contributed by atoms with Crippen molar-refractivity contribution >= 4 is 21.4 Å². The van der Waals surface area contributed by atoms with Crippen molar-refractivity contribution in [1.29, 1.82) is 0 Å². The summed E-state index contributed by atoms with van der Waals surface area (Å²) in [7, 11) is -3.13. The molecule has 0 spiro atoms. The van der Waals surface area contributed by atoms with E-state index in [2.05, 4.69) is 4.74 Å². The molecular weight excluding hydrogens is 377 g/mol. The molecule has 0 atom stereocenters. The van der Waals surface area contributed by atoms with E-state index in [1.165, 1.54) is 18.2 Å². The van der Waals surface area contributed by atoms with Crippen LogP contribution >= 0.6 is 0 Å². The Labute approximate surface area is 146 Å². The van der Waals surface area contributed by atoms with Crippen LogP contribution in [0.1, 0.15) is 11.1 Å². The topological polar surface area (TPSA) is 98.5 Å². The number of sulfonamides is 1. The summed E-state index contributed by atoms with van der Waals surface area (Å²) in [5.41, 5.74) is -1.97. The highest BCUT2D eigenvalue weighted by molar-refractivity contribution is 7.91. The lowest BCUT2D eigenvalue weighted by Crippen LogP contribution is -2.17. The molecule has 2 aromatic rings. The Morgan fingerprint density at radius 3 is 2.42 bits per heavy atom. The Bertz CT molecular complexity index is 929. The van der Waals surface area contributed by atoms with Crippen molar-refractivity contribution in [3.63, 3.8) is 0 Å². The predicted molar refractivity (Wildman–Crippen MR) is 87.3 cm³/mol. The van der Waals surface area contributed by atoms with E-state index in [4.69, 9.17) is 0 Å². The van der Waals surface area contributed by atoms with Gasteiger partial charge in [0.2, 0.25) is 10.0 Å². The second-order valence-corrected chi connectivity index (χ2v) is 6.88. The third-order valence-corrected chi connectivity index (χ3v) is 4.55. The van der Waals surface area contributed by atoms with E-state index in [1.54, 1.807) is 0 Å². The van der Waals surface area contributed by atoms with E-state index >= 15 is 0 Å². The van der Waals surface area contributed by atoms with Crippen LogP contribution in [0.25, 0.3) is 0 Å². The molecule has 0 saturated carbocycles. The van der Waals surface area contributed by atoms with Crippen LogP contribution in [-0.2, 0) is 22.0 Å². The number of nitro groups is 1. The smallest absolute Gasteiger partial charge is 0.420 e. The molecule has 0 fully saturated rings. The van der Waals surface area contributed by atoms with Crippen LogP contribution in [0.4, 0.5) is 24.5 Å². The first kappa shape index (κ1) is 19.5. The fourth-order valence-corrected chi connectivity index (χ4v) is 3.44. The molecule has 2 rings (SSSR count). The first-order valence-electron chi connectivity index (χ1n) is 7.01. The Kier molecular flexibility index (Phi) is 5.40. The van der Waals surface area contributed by atoms with Gasteiger partial charge >= 0.3 is 6.18 Å². The number of ether oxygens (including phenoxy) is 1. The molecule has 2 aromatic carbocycles. The van der Waals surface area contributed by atoms with Crippen LogP contribution in [0.2, 0.25) is 0 Å². The number of nitrogens with one attached hydrogen (secondary N) is 1. The molecule has 1 N–H and O–H groups in total. The molecule has 0 bridgehead atoms. The first-order valence-corrected chi connectivity index (χ1v) is 8.67. The number of rotatable bonds is 6. The Balaban J connectivity index is 2.32.